The summed E-state index contributed by atoms with van der Waals surface area (Å²) in [6.07, 6.45) is 0.406. The van der Waals surface area contributed by atoms with E-state index >= 15 is 0 Å². The summed E-state index contributed by atoms with van der Waals surface area (Å²) >= 11 is 0. The molecule has 0 aliphatic carbocycles. The van der Waals surface area contributed by atoms with Crippen LogP contribution < -0.4 is 5.73 Å². The van der Waals surface area contributed by atoms with Gasteiger partial charge in [0.1, 0.15) is 0 Å². The third kappa shape index (κ3) is 4.13. The molecular formula is C12H18N2O. The van der Waals surface area contributed by atoms with Gasteiger partial charge in [-0.25, -0.2) is 0 Å². The molecule has 82 valence electrons. The Morgan fingerprint density at radius 1 is 1.40 bits per heavy atom. The number of carbonyl (C=O) groups excluding carboxylic acids is 1. The van der Waals surface area contributed by atoms with Crippen molar-refractivity contribution in [1.29, 1.82) is 0 Å². The summed E-state index contributed by atoms with van der Waals surface area (Å²) in [5.41, 5.74) is 6.71. The van der Waals surface area contributed by atoms with Crippen molar-refractivity contribution >= 4 is 5.91 Å². The summed E-state index contributed by atoms with van der Waals surface area (Å²) in [5.74, 6) is 0.0915. The largest absolute Gasteiger partial charge is 0.341 e. The second-order valence-electron chi connectivity index (χ2n) is 3.92. The predicted molar refractivity (Wildman–Crippen MR) is 61.2 cm³/mol. The first-order valence-corrected chi connectivity index (χ1v) is 5.13. The van der Waals surface area contributed by atoms with Gasteiger partial charge in [-0.15, -0.1) is 0 Å². The number of hydrogen-bond donors (Lipinski definition) is 1. The van der Waals surface area contributed by atoms with Crippen LogP contribution in [0.4, 0.5) is 0 Å². The molecule has 0 fully saturated rings. The fraction of sp³-hybridized carbons (Fsp3) is 0.417. The third-order valence-corrected chi connectivity index (χ3v) is 2.18. The average Bonchev–Trinajstić information content (AvgIpc) is 2.18. The molecule has 15 heavy (non-hydrogen) atoms. The monoisotopic (exact) mass is 206 g/mol. The van der Waals surface area contributed by atoms with Crippen LogP contribution in [0.5, 0.6) is 0 Å². The highest BCUT2D eigenvalue weighted by atomic mass is 16.2. The van der Waals surface area contributed by atoms with Gasteiger partial charge in [-0.2, -0.15) is 0 Å². The molecule has 0 aliphatic rings. The summed E-state index contributed by atoms with van der Waals surface area (Å²) in [6.45, 7) is 2.49. The van der Waals surface area contributed by atoms with Gasteiger partial charge in [0, 0.05) is 26.1 Å². The fourth-order valence-electron chi connectivity index (χ4n) is 1.38. The Morgan fingerprint density at radius 2 is 2.00 bits per heavy atom. The molecule has 0 aromatic heterocycles. The molecule has 0 spiro atoms. The van der Waals surface area contributed by atoms with Crippen LogP contribution in [0.2, 0.25) is 0 Å². The van der Waals surface area contributed by atoms with Crippen LogP contribution in [0, 0.1) is 0 Å². The molecule has 3 heteroatoms. The van der Waals surface area contributed by atoms with Crippen LogP contribution in [0.3, 0.4) is 0 Å². The quantitative estimate of drug-likeness (QED) is 0.809. The topological polar surface area (TPSA) is 46.3 Å². The van der Waals surface area contributed by atoms with Gasteiger partial charge in [0.15, 0.2) is 0 Å². The van der Waals surface area contributed by atoms with Gasteiger partial charge >= 0.3 is 0 Å². The number of carbonyl (C=O) groups is 1. The van der Waals surface area contributed by atoms with Crippen LogP contribution in [0.25, 0.3) is 0 Å². The van der Waals surface area contributed by atoms with Crippen molar-refractivity contribution in [2.75, 3.05) is 7.05 Å². The second kappa shape index (κ2) is 5.51. The zero-order valence-electron chi connectivity index (χ0n) is 9.31. The number of amides is 1. The van der Waals surface area contributed by atoms with Crippen molar-refractivity contribution in [2.45, 2.75) is 25.9 Å². The lowest BCUT2D eigenvalue weighted by Gasteiger charge is -2.18. The van der Waals surface area contributed by atoms with Crippen molar-refractivity contribution in [3.05, 3.63) is 35.9 Å². The number of benzene rings is 1. The molecule has 3 nitrogen and oxygen atoms in total. The van der Waals surface area contributed by atoms with E-state index in [2.05, 4.69) is 0 Å². The molecule has 0 saturated heterocycles. The summed E-state index contributed by atoms with van der Waals surface area (Å²) < 4.78 is 0. The predicted octanol–water partition coefficient (Wildman–Crippen LogP) is 1.38. The van der Waals surface area contributed by atoms with Crippen LogP contribution in [0.15, 0.2) is 30.3 Å². The molecule has 0 aliphatic heterocycles. The number of hydrogen-bond acceptors (Lipinski definition) is 2. The first-order chi connectivity index (χ1) is 7.09. The van der Waals surface area contributed by atoms with Gasteiger partial charge in [0.05, 0.1) is 0 Å². The molecule has 1 aromatic carbocycles. The van der Waals surface area contributed by atoms with Gasteiger partial charge in [-0.3, -0.25) is 4.79 Å². The minimum absolute atomic E-state index is 0.0734. The van der Waals surface area contributed by atoms with E-state index < -0.39 is 0 Å². The molecule has 0 saturated carbocycles. The van der Waals surface area contributed by atoms with Crippen molar-refractivity contribution in [2.24, 2.45) is 5.73 Å². The highest BCUT2D eigenvalue weighted by molar-refractivity contribution is 5.76. The lowest BCUT2D eigenvalue weighted by Crippen LogP contribution is -2.31. The van der Waals surface area contributed by atoms with E-state index in [4.69, 9.17) is 5.73 Å². The summed E-state index contributed by atoms with van der Waals surface area (Å²) in [5, 5.41) is 0. The highest BCUT2D eigenvalue weighted by Crippen LogP contribution is 2.04. The van der Waals surface area contributed by atoms with Gasteiger partial charge in [0.2, 0.25) is 5.91 Å². The molecule has 1 amide bonds. The Kier molecular flexibility index (Phi) is 4.31. The fourth-order valence-corrected chi connectivity index (χ4v) is 1.38. The Hall–Kier alpha value is -1.35. The van der Waals surface area contributed by atoms with E-state index in [1.807, 2.05) is 37.3 Å². The van der Waals surface area contributed by atoms with Gasteiger partial charge in [0.25, 0.3) is 0 Å². The molecular weight excluding hydrogens is 188 g/mol. The summed E-state index contributed by atoms with van der Waals surface area (Å²) in [7, 11) is 1.80. The van der Waals surface area contributed by atoms with Crippen LogP contribution >= 0.6 is 0 Å². The van der Waals surface area contributed by atoms with Crippen LogP contribution in [0.1, 0.15) is 18.9 Å². The zero-order valence-corrected chi connectivity index (χ0v) is 9.31. The van der Waals surface area contributed by atoms with Gasteiger partial charge in [-0.1, -0.05) is 30.3 Å². The maximum absolute atomic E-state index is 11.6. The minimum Gasteiger partial charge on any atom is -0.341 e. The van der Waals surface area contributed by atoms with E-state index in [-0.39, 0.29) is 11.9 Å². The number of nitrogens with zero attached hydrogens (tertiary/aromatic N) is 1. The average molecular weight is 206 g/mol. The molecule has 2 N–H and O–H groups in total. The molecule has 0 bridgehead atoms. The van der Waals surface area contributed by atoms with E-state index in [0.29, 0.717) is 13.0 Å². The molecule has 1 rings (SSSR count). The third-order valence-electron chi connectivity index (χ3n) is 2.18. The Labute approximate surface area is 90.9 Å². The number of rotatable bonds is 4. The highest BCUT2D eigenvalue weighted by Gasteiger charge is 2.10. The van der Waals surface area contributed by atoms with Crippen molar-refractivity contribution < 1.29 is 4.79 Å². The zero-order chi connectivity index (χ0) is 11.3. The van der Waals surface area contributed by atoms with Gasteiger partial charge in [-0.05, 0) is 12.5 Å². The standard InChI is InChI=1S/C12H18N2O/c1-10(13)8-12(15)14(2)9-11-6-4-3-5-7-11/h3-7,10H,8-9,13H2,1-2H3. The summed E-state index contributed by atoms with van der Waals surface area (Å²) in [4.78, 5) is 13.3. The van der Waals surface area contributed by atoms with E-state index in [9.17, 15) is 4.79 Å². The SMILES string of the molecule is CC(N)CC(=O)N(C)Cc1ccccc1. The van der Waals surface area contributed by atoms with E-state index in [1.165, 1.54) is 0 Å². The maximum Gasteiger partial charge on any atom is 0.224 e. The van der Waals surface area contributed by atoms with Crippen LogP contribution in [-0.4, -0.2) is 23.9 Å². The van der Waals surface area contributed by atoms with Crippen molar-refractivity contribution in [3.63, 3.8) is 0 Å². The van der Waals surface area contributed by atoms with Gasteiger partial charge < -0.3 is 10.6 Å². The number of nitrogens with two attached hydrogens (primary N) is 1. The lowest BCUT2D eigenvalue weighted by atomic mass is 10.2. The van der Waals surface area contributed by atoms with Crippen LogP contribution in [-0.2, 0) is 11.3 Å². The molecule has 1 atom stereocenters. The van der Waals surface area contributed by atoms with E-state index in [1.54, 1.807) is 11.9 Å². The lowest BCUT2D eigenvalue weighted by molar-refractivity contribution is -0.130. The maximum atomic E-state index is 11.6. The molecule has 1 aromatic rings. The smallest absolute Gasteiger partial charge is 0.224 e. The Bertz CT molecular complexity index is 309. The molecule has 0 radical (unpaired) electrons. The Balaban J connectivity index is 2.49. The normalized spacial score (nSPS) is 12.2. The minimum atomic E-state index is -0.0734. The first-order valence-electron chi connectivity index (χ1n) is 5.13. The molecule has 1 unspecified atom stereocenters. The van der Waals surface area contributed by atoms with Crippen molar-refractivity contribution in [1.82, 2.24) is 4.90 Å². The Morgan fingerprint density at radius 3 is 2.53 bits per heavy atom. The van der Waals surface area contributed by atoms with E-state index in [0.717, 1.165) is 5.56 Å². The first kappa shape index (κ1) is 11.7. The van der Waals surface area contributed by atoms with Crippen molar-refractivity contribution in [3.8, 4) is 0 Å². The second-order valence-corrected chi connectivity index (χ2v) is 3.92. The molecule has 0 heterocycles. The summed E-state index contributed by atoms with van der Waals surface area (Å²) in [6, 6.07) is 9.85.